The van der Waals surface area contributed by atoms with Crippen LogP contribution < -0.4 is 10.1 Å². The minimum Gasteiger partial charge on any atom is -0.497 e. The van der Waals surface area contributed by atoms with Crippen LogP contribution in [0.15, 0.2) is 24.3 Å². The summed E-state index contributed by atoms with van der Waals surface area (Å²) in [5.74, 6) is 0.227. The third kappa shape index (κ3) is 4.65. The Kier molecular flexibility index (Phi) is 3.27. The highest BCUT2D eigenvalue weighted by molar-refractivity contribution is 5.68. The van der Waals surface area contributed by atoms with Crippen molar-refractivity contribution in [3.05, 3.63) is 29.8 Å². The van der Waals surface area contributed by atoms with Crippen molar-refractivity contribution in [2.45, 2.75) is 39.3 Å². The molecule has 0 bridgehead atoms. The van der Waals surface area contributed by atoms with Crippen LogP contribution in [-0.4, -0.2) is 18.7 Å². The first-order valence-corrected chi connectivity index (χ1v) is 5.75. The number of methoxy groups -OCH3 is 1. The summed E-state index contributed by atoms with van der Waals surface area (Å²) in [5.41, 5.74) is 0.151. The van der Waals surface area contributed by atoms with Gasteiger partial charge >= 0.3 is 6.09 Å². The van der Waals surface area contributed by atoms with E-state index in [1.54, 1.807) is 52.0 Å². The van der Waals surface area contributed by atoms with Gasteiger partial charge in [-0.2, -0.15) is 0 Å². The van der Waals surface area contributed by atoms with Crippen LogP contribution in [0, 0.1) is 0 Å². The molecule has 0 aromatic heterocycles. The Morgan fingerprint density at radius 2 is 2.17 bits per heavy atom. The van der Waals surface area contributed by atoms with Gasteiger partial charge < -0.3 is 14.8 Å². The Hall–Kier alpha value is -1.71. The molecule has 1 atom stereocenters. The first-order chi connectivity index (χ1) is 9.46. The van der Waals surface area contributed by atoms with Crippen molar-refractivity contribution < 1.29 is 18.4 Å². The van der Waals surface area contributed by atoms with E-state index in [1.807, 2.05) is 0 Å². The Labute approximate surface area is 113 Å². The Morgan fingerprint density at radius 1 is 1.44 bits per heavy atom. The van der Waals surface area contributed by atoms with E-state index in [2.05, 4.69) is 5.32 Å². The van der Waals surface area contributed by atoms with E-state index in [9.17, 15) is 4.79 Å². The monoisotopic (exact) mass is 254 g/mol. The van der Waals surface area contributed by atoms with Crippen LogP contribution in [0.1, 0.15) is 43.4 Å². The Balaban J connectivity index is 2.72. The lowest BCUT2D eigenvalue weighted by Crippen LogP contribution is -2.34. The smallest absolute Gasteiger partial charge is 0.408 e. The summed E-state index contributed by atoms with van der Waals surface area (Å²) in [4.78, 5) is 11.7. The molecule has 4 nitrogen and oxygen atoms in total. The lowest BCUT2D eigenvalue weighted by atomic mass is 10.1. The highest BCUT2D eigenvalue weighted by Gasteiger charge is 2.18. The van der Waals surface area contributed by atoms with Crippen LogP contribution in [0.25, 0.3) is 0 Å². The topological polar surface area (TPSA) is 47.6 Å². The normalized spacial score (nSPS) is 15.9. The zero-order valence-corrected chi connectivity index (χ0v) is 11.1. The average molecular weight is 254 g/mol. The number of alkyl carbamates (subject to hydrolysis) is 1. The largest absolute Gasteiger partial charge is 0.497 e. The van der Waals surface area contributed by atoms with Crippen LogP contribution in [0.4, 0.5) is 4.79 Å². The summed E-state index contributed by atoms with van der Waals surface area (Å²) in [6.45, 7) is 7.12. The molecule has 1 aromatic carbocycles. The second-order valence-corrected chi connectivity index (χ2v) is 5.04. The molecule has 1 aromatic rings. The number of amides is 1. The number of carbonyl (C=O) groups is 1. The molecule has 0 saturated heterocycles. The van der Waals surface area contributed by atoms with Gasteiger partial charge in [0.15, 0.2) is 0 Å². The van der Waals surface area contributed by atoms with Crippen molar-refractivity contribution in [3.8, 4) is 5.75 Å². The summed E-state index contributed by atoms with van der Waals surface area (Å²) in [7, 11) is -2.50. The fourth-order valence-corrected chi connectivity index (χ4v) is 1.42. The fourth-order valence-electron chi connectivity index (χ4n) is 1.42. The standard InChI is InChI=1S/C14H21NO3/c1-10(15-13(16)18-14(2,3)4)11-7-6-8-12(9-11)17-5/h6-10H,1-5H3,(H,15,16)/t10-/m1/s1/i5D3. The summed E-state index contributed by atoms with van der Waals surface area (Å²) in [5, 5.41) is 2.69. The molecule has 0 aliphatic heterocycles. The third-order valence-electron chi connectivity index (χ3n) is 2.21. The van der Waals surface area contributed by atoms with Gasteiger partial charge in [0.2, 0.25) is 0 Å². The SMILES string of the molecule is [2H]C([2H])([2H])Oc1cccc([C@@H](C)NC(=O)OC(C)(C)C)c1. The molecule has 0 fully saturated rings. The molecule has 0 heterocycles. The van der Waals surface area contributed by atoms with Crippen molar-refractivity contribution >= 4 is 6.09 Å². The van der Waals surface area contributed by atoms with Crippen molar-refractivity contribution in [1.82, 2.24) is 5.32 Å². The van der Waals surface area contributed by atoms with Gasteiger partial charge in [0.05, 0.1) is 17.2 Å². The van der Waals surface area contributed by atoms with Gasteiger partial charge in [-0.3, -0.25) is 0 Å². The zero-order chi connectivity index (χ0) is 16.3. The van der Waals surface area contributed by atoms with E-state index < -0.39 is 18.7 Å². The van der Waals surface area contributed by atoms with Crippen LogP contribution in [-0.2, 0) is 4.74 Å². The summed E-state index contributed by atoms with van der Waals surface area (Å²) in [6.07, 6.45) is -0.530. The van der Waals surface area contributed by atoms with E-state index in [1.165, 1.54) is 0 Å². The minimum atomic E-state index is -2.50. The highest BCUT2D eigenvalue weighted by Crippen LogP contribution is 2.19. The van der Waals surface area contributed by atoms with Gasteiger partial charge in [-0.1, -0.05) is 12.1 Å². The lowest BCUT2D eigenvalue weighted by molar-refractivity contribution is 0.0508. The van der Waals surface area contributed by atoms with E-state index in [0.29, 0.717) is 0 Å². The molecule has 1 rings (SSSR count). The molecule has 4 heteroatoms. The molecule has 1 amide bonds. The summed E-state index contributed by atoms with van der Waals surface area (Å²) in [6, 6.07) is 6.24. The van der Waals surface area contributed by atoms with Crippen molar-refractivity contribution in [3.63, 3.8) is 0 Å². The quantitative estimate of drug-likeness (QED) is 0.900. The second kappa shape index (κ2) is 5.76. The molecular weight excluding hydrogens is 230 g/mol. The van der Waals surface area contributed by atoms with Gasteiger partial charge in [-0.25, -0.2) is 4.79 Å². The zero-order valence-electron chi connectivity index (χ0n) is 14.1. The lowest BCUT2D eigenvalue weighted by Gasteiger charge is -2.22. The molecule has 100 valence electrons. The molecule has 18 heavy (non-hydrogen) atoms. The van der Waals surface area contributed by atoms with Crippen LogP contribution >= 0.6 is 0 Å². The Morgan fingerprint density at radius 3 is 2.78 bits per heavy atom. The van der Waals surface area contributed by atoms with E-state index in [0.717, 1.165) is 5.56 Å². The highest BCUT2D eigenvalue weighted by atomic mass is 16.6. The maximum Gasteiger partial charge on any atom is 0.408 e. The van der Waals surface area contributed by atoms with Crippen LogP contribution in [0.5, 0.6) is 5.75 Å². The van der Waals surface area contributed by atoms with E-state index in [-0.39, 0.29) is 11.8 Å². The second-order valence-electron chi connectivity index (χ2n) is 5.04. The summed E-state index contributed by atoms with van der Waals surface area (Å²) >= 11 is 0. The molecule has 0 unspecified atom stereocenters. The predicted octanol–water partition coefficient (Wildman–Crippen LogP) is 3.28. The summed E-state index contributed by atoms with van der Waals surface area (Å²) < 4.78 is 31.2. The molecule has 0 spiro atoms. The molecule has 0 radical (unpaired) electrons. The van der Waals surface area contributed by atoms with Gasteiger partial charge in [-0.15, -0.1) is 0 Å². The average Bonchev–Trinajstić information content (AvgIpc) is 2.23. The van der Waals surface area contributed by atoms with Crippen molar-refractivity contribution in [1.29, 1.82) is 0 Å². The van der Waals surface area contributed by atoms with Crippen LogP contribution in [0.3, 0.4) is 0 Å². The number of rotatable bonds is 3. The van der Waals surface area contributed by atoms with Crippen molar-refractivity contribution in [2.75, 3.05) is 7.04 Å². The van der Waals surface area contributed by atoms with Crippen LogP contribution in [0.2, 0.25) is 0 Å². The predicted molar refractivity (Wildman–Crippen MR) is 70.8 cm³/mol. The maximum absolute atomic E-state index is 11.7. The maximum atomic E-state index is 11.7. The third-order valence-corrected chi connectivity index (χ3v) is 2.21. The van der Waals surface area contributed by atoms with Gasteiger partial charge in [0.25, 0.3) is 0 Å². The molecular formula is C14H21NO3. The first-order valence-electron chi connectivity index (χ1n) is 7.25. The number of hydrogen-bond acceptors (Lipinski definition) is 3. The van der Waals surface area contributed by atoms with Gasteiger partial charge in [0, 0.05) is 0 Å². The van der Waals surface area contributed by atoms with E-state index >= 15 is 0 Å². The molecule has 1 N–H and O–H groups in total. The van der Waals surface area contributed by atoms with Crippen molar-refractivity contribution in [2.24, 2.45) is 0 Å². The number of nitrogens with one attached hydrogen (secondary N) is 1. The molecule has 0 aliphatic carbocycles. The van der Waals surface area contributed by atoms with E-state index in [4.69, 9.17) is 13.6 Å². The number of ether oxygens (including phenoxy) is 2. The molecule has 0 saturated carbocycles. The minimum absolute atomic E-state index is 0.227. The Bertz CT molecular complexity index is 495. The number of benzene rings is 1. The first kappa shape index (κ1) is 10.2. The van der Waals surface area contributed by atoms with Gasteiger partial charge in [0.1, 0.15) is 11.4 Å². The number of carbonyl (C=O) groups excluding carboxylic acids is 1. The molecule has 0 aliphatic rings. The van der Waals surface area contributed by atoms with Gasteiger partial charge in [-0.05, 0) is 45.4 Å². The number of hydrogen-bond donors (Lipinski definition) is 1. The fraction of sp³-hybridized carbons (Fsp3) is 0.500.